The summed E-state index contributed by atoms with van der Waals surface area (Å²) in [5.74, 6) is 0.895. The zero-order valence-corrected chi connectivity index (χ0v) is 26.0. The number of hydrogen-bond donors (Lipinski definition) is 0. The molecule has 40 heavy (non-hydrogen) atoms. The Balaban J connectivity index is 1.20. The van der Waals surface area contributed by atoms with Crippen molar-refractivity contribution in [3.63, 3.8) is 0 Å². The van der Waals surface area contributed by atoms with Gasteiger partial charge in [0.25, 0.3) is 0 Å². The lowest BCUT2D eigenvalue weighted by Gasteiger charge is -2.41. The minimum Gasteiger partial charge on any atom is -0.414 e. The molecule has 0 saturated heterocycles. The summed E-state index contributed by atoms with van der Waals surface area (Å²) in [5, 5.41) is 10.6. The highest BCUT2D eigenvalue weighted by Gasteiger charge is 2.40. The molecule has 3 aromatic heterocycles. The van der Waals surface area contributed by atoms with E-state index in [4.69, 9.17) is 31.2 Å². The van der Waals surface area contributed by atoms with Gasteiger partial charge in [0, 0.05) is 34.7 Å². The van der Waals surface area contributed by atoms with Crippen molar-refractivity contribution in [2.75, 3.05) is 11.4 Å². The molecule has 0 spiro atoms. The molecule has 0 unspecified atom stereocenters. The fourth-order valence-electron chi connectivity index (χ4n) is 5.53. The molecule has 0 bridgehead atoms. The van der Waals surface area contributed by atoms with E-state index in [9.17, 15) is 0 Å². The van der Waals surface area contributed by atoms with Gasteiger partial charge in [0.05, 0.1) is 42.0 Å². The van der Waals surface area contributed by atoms with Crippen LogP contribution in [0.5, 0.6) is 0 Å². The Kier molecular flexibility index (Phi) is 6.87. The number of nitrogens with zero attached hydrogens (tertiary/aromatic N) is 7. The molecule has 1 aliphatic carbocycles. The molecule has 4 aromatic rings. The average molecular weight is 576 g/mol. The first-order chi connectivity index (χ1) is 19.0. The summed E-state index contributed by atoms with van der Waals surface area (Å²) >= 11 is 6.20. The molecule has 0 radical (unpaired) electrons. The predicted molar refractivity (Wildman–Crippen MR) is 165 cm³/mol. The Morgan fingerprint density at radius 2 is 1.82 bits per heavy atom. The number of aliphatic imine (C=N–C) groups is 1. The molecular formula is C30H38ClN7OSi. The van der Waals surface area contributed by atoms with E-state index in [0.717, 1.165) is 65.3 Å². The van der Waals surface area contributed by atoms with Crippen LogP contribution in [0.15, 0.2) is 47.8 Å². The number of hydrogen-bond acceptors (Lipinski definition) is 6. The molecule has 10 heteroatoms. The molecule has 1 saturated carbocycles. The summed E-state index contributed by atoms with van der Waals surface area (Å²) < 4.78 is 10.8. The Hall–Kier alpha value is -3.01. The number of fused-ring (bicyclic) bond motifs is 2. The fraction of sp³-hybridized carbons (Fsp3) is 0.467. The number of aryl methyl sites for hydroxylation is 1. The quantitative estimate of drug-likeness (QED) is 0.226. The van der Waals surface area contributed by atoms with Gasteiger partial charge in [0.2, 0.25) is 0 Å². The summed E-state index contributed by atoms with van der Waals surface area (Å²) in [5.41, 5.74) is 5.68. The van der Waals surface area contributed by atoms with Crippen molar-refractivity contribution >= 4 is 49.0 Å². The van der Waals surface area contributed by atoms with E-state index in [0.29, 0.717) is 23.7 Å². The van der Waals surface area contributed by atoms with Gasteiger partial charge in [0.1, 0.15) is 0 Å². The van der Waals surface area contributed by atoms with Crippen molar-refractivity contribution in [2.45, 2.75) is 83.7 Å². The Morgan fingerprint density at radius 3 is 2.58 bits per heavy atom. The van der Waals surface area contributed by atoms with Gasteiger partial charge in [-0.15, -0.1) is 0 Å². The molecule has 1 fully saturated rings. The minimum absolute atomic E-state index is 0.240. The molecule has 0 atom stereocenters. The Morgan fingerprint density at radius 1 is 1.05 bits per heavy atom. The minimum atomic E-state index is -1.74. The van der Waals surface area contributed by atoms with Crippen LogP contribution in [-0.2, 0) is 4.43 Å². The lowest BCUT2D eigenvalue weighted by atomic mass is 9.93. The van der Waals surface area contributed by atoms with Crippen LogP contribution in [0, 0.1) is 6.92 Å². The van der Waals surface area contributed by atoms with Gasteiger partial charge in [-0.25, -0.2) is 4.98 Å². The standard InChI is InChI=1S/C30H38ClN7OSi/c1-20-25(21-17-34-37(19-21)23-8-10-24(11-9-23)39-40(5,6)30(2,3)4)16-28-33-18-29(38(28)35-20)36-14-13-32-26-15-22(31)7-12-27(26)36/h7,12-13,15-19,23-24H,8-11,14H2,1-6H3. The van der Waals surface area contributed by atoms with Gasteiger partial charge in [-0.1, -0.05) is 32.4 Å². The average Bonchev–Trinajstić information content (AvgIpc) is 3.54. The maximum Gasteiger partial charge on any atom is 0.192 e. The summed E-state index contributed by atoms with van der Waals surface area (Å²) in [4.78, 5) is 11.4. The zero-order valence-electron chi connectivity index (χ0n) is 24.2. The van der Waals surface area contributed by atoms with E-state index < -0.39 is 8.32 Å². The second-order valence-electron chi connectivity index (χ2n) is 12.6. The van der Waals surface area contributed by atoms with Crippen molar-refractivity contribution in [3.05, 3.63) is 53.6 Å². The Labute approximate surface area is 242 Å². The summed E-state index contributed by atoms with van der Waals surface area (Å²) in [6, 6.07) is 8.27. The lowest BCUT2D eigenvalue weighted by Crippen LogP contribution is -2.44. The van der Waals surface area contributed by atoms with E-state index in [1.807, 2.05) is 48.2 Å². The van der Waals surface area contributed by atoms with E-state index >= 15 is 0 Å². The maximum absolute atomic E-state index is 6.70. The molecule has 8 nitrogen and oxygen atoms in total. The van der Waals surface area contributed by atoms with Crippen molar-refractivity contribution < 1.29 is 4.43 Å². The van der Waals surface area contributed by atoms with Crippen molar-refractivity contribution in [1.29, 1.82) is 0 Å². The Bertz CT molecular complexity index is 1580. The lowest BCUT2D eigenvalue weighted by molar-refractivity contribution is 0.115. The van der Waals surface area contributed by atoms with Crippen LogP contribution in [0.4, 0.5) is 17.2 Å². The normalized spacial score (nSPS) is 19.8. The monoisotopic (exact) mass is 575 g/mol. The van der Waals surface area contributed by atoms with E-state index in [-0.39, 0.29) is 5.04 Å². The predicted octanol–water partition coefficient (Wildman–Crippen LogP) is 7.91. The van der Waals surface area contributed by atoms with Crippen molar-refractivity contribution in [3.8, 4) is 11.1 Å². The molecule has 210 valence electrons. The van der Waals surface area contributed by atoms with Gasteiger partial charge < -0.3 is 9.33 Å². The zero-order chi connectivity index (χ0) is 28.2. The molecule has 6 rings (SSSR count). The van der Waals surface area contributed by atoms with Crippen LogP contribution < -0.4 is 4.90 Å². The smallest absolute Gasteiger partial charge is 0.192 e. The van der Waals surface area contributed by atoms with Gasteiger partial charge in [0.15, 0.2) is 19.8 Å². The van der Waals surface area contributed by atoms with E-state index in [2.05, 4.69) is 60.7 Å². The second-order valence-corrected chi connectivity index (χ2v) is 17.8. The largest absolute Gasteiger partial charge is 0.414 e. The number of halogens is 1. The van der Waals surface area contributed by atoms with Crippen LogP contribution in [0.25, 0.3) is 16.8 Å². The maximum atomic E-state index is 6.70. The van der Waals surface area contributed by atoms with Gasteiger partial charge in [-0.2, -0.15) is 14.7 Å². The van der Waals surface area contributed by atoms with Gasteiger partial charge in [-0.05, 0) is 75.0 Å². The molecule has 0 amide bonds. The first-order valence-corrected chi connectivity index (χ1v) is 17.5. The third-order valence-electron chi connectivity index (χ3n) is 8.86. The summed E-state index contributed by atoms with van der Waals surface area (Å²) in [7, 11) is -1.74. The third-order valence-corrected chi connectivity index (χ3v) is 13.6. The fourth-order valence-corrected chi connectivity index (χ4v) is 7.12. The number of imidazole rings is 1. The third kappa shape index (κ3) is 4.99. The molecule has 2 aliphatic rings. The molecular weight excluding hydrogens is 538 g/mol. The molecule has 1 aliphatic heterocycles. The van der Waals surface area contributed by atoms with Crippen LogP contribution in [0.1, 0.15) is 58.2 Å². The highest BCUT2D eigenvalue weighted by atomic mass is 35.5. The van der Waals surface area contributed by atoms with Gasteiger partial charge in [-0.3, -0.25) is 9.67 Å². The topological polar surface area (TPSA) is 72.8 Å². The second kappa shape index (κ2) is 10.1. The van der Waals surface area contributed by atoms with Crippen LogP contribution >= 0.6 is 11.6 Å². The van der Waals surface area contributed by atoms with Crippen LogP contribution in [0.3, 0.4) is 0 Å². The van der Waals surface area contributed by atoms with Gasteiger partial charge >= 0.3 is 0 Å². The highest BCUT2D eigenvalue weighted by molar-refractivity contribution is 6.74. The van der Waals surface area contributed by atoms with E-state index in [1.165, 1.54) is 0 Å². The molecule has 0 N–H and O–H groups in total. The summed E-state index contributed by atoms with van der Waals surface area (Å²) in [6.45, 7) is 14.3. The van der Waals surface area contributed by atoms with Crippen molar-refractivity contribution in [2.24, 2.45) is 4.99 Å². The van der Waals surface area contributed by atoms with Crippen molar-refractivity contribution in [1.82, 2.24) is 24.4 Å². The van der Waals surface area contributed by atoms with Crippen LogP contribution in [-0.4, -0.2) is 51.6 Å². The number of rotatable bonds is 5. The first kappa shape index (κ1) is 27.2. The number of anilines is 2. The summed E-state index contributed by atoms with van der Waals surface area (Å²) in [6.07, 6.45) is 12.6. The SMILES string of the molecule is Cc1nn2c(N3CC=Nc4cc(Cl)ccc43)cnc2cc1-c1cnn(C2CCC(O[Si](C)(C)C(C)(C)C)CC2)c1. The number of aromatic nitrogens is 5. The first-order valence-electron chi connectivity index (χ1n) is 14.2. The molecule has 1 aromatic carbocycles. The molecule has 4 heterocycles. The van der Waals surface area contributed by atoms with Crippen LogP contribution in [0.2, 0.25) is 23.2 Å². The number of benzene rings is 1. The highest BCUT2D eigenvalue weighted by Crippen LogP contribution is 2.41. The van der Waals surface area contributed by atoms with E-state index in [1.54, 1.807) is 0 Å².